The Morgan fingerprint density at radius 1 is 0.595 bits per heavy atom. The first-order chi connectivity index (χ1) is 17.7. The van der Waals surface area contributed by atoms with E-state index >= 15 is 0 Å². The molecule has 188 valence electrons. The van der Waals surface area contributed by atoms with Gasteiger partial charge in [-0.25, -0.2) is 10.9 Å². The number of rotatable bonds is 10. The second kappa shape index (κ2) is 14.7. The van der Waals surface area contributed by atoms with Gasteiger partial charge in [-0.05, 0) is 70.8 Å². The maximum absolute atomic E-state index is 7.87. The van der Waals surface area contributed by atoms with Gasteiger partial charge in [0.2, 0.25) is 5.96 Å². The lowest BCUT2D eigenvalue weighted by Gasteiger charge is -2.06. The van der Waals surface area contributed by atoms with Crippen LogP contribution in [-0.2, 0) is 13.2 Å². The Hall–Kier alpha value is -4.62. The van der Waals surface area contributed by atoms with Crippen LogP contribution >= 0.6 is 12.4 Å². The summed E-state index contributed by atoms with van der Waals surface area (Å²) in [6.45, 7) is 1.04. The van der Waals surface area contributed by atoms with Gasteiger partial charge in [0.15, 0.2) is 0 Å². The van der Waals surface area contributed by atoms with Crippen molar-refractivity contribution in [1.29, 1.82) is 5.41 Å². The third-order valence-electron chi connectivity index (χ3n) is 5.04. The molecule has 0 aliphatic rings. The van der Waals surface area contributed by atoms with Crippen LogP contribution in [0.3, 0.4) is 0 Å². The summed E-state index contributed by atoms with van der Waals surface area (Å²) in [5.74, 6) is 1.51. The molecule has 0 aromatic heterocycles. The summed E-state index contributed by atoms with van der Waals surface area (Å²) in [6.07, 6.45) is 3.24. The highest BCUT2D eigenvalue weighted by atomic mass is 35.5. The van der Waals surface area contributed by atoms with E-state index < -0.39 is 0 Å². The number of nitrogens with one attached hydrogen (secondary N) is 3. The number of hydrazone groups is 2. The summed E-state index contributed by atoms with van der Waals surface area (Å²) >= 11 is 0. The van der Waals surface area contributed by atoms with E-state index in [4.69, 9.17) is 14.9 Å². The predicted octanol–water partition coefficient (Wildman–Crippen LogP) is 5.75. The monoisotopic (exact) mass is 513 g/mol. The van der Waals surface area contributed by atoms with Gasteiger partial charge in [0, 0.05) is 0 Å². The molecule has 0 aliphatic carbocycles. The Morgan fingerprint density at radius 2 is 0.973 bits per heavy atom. The number of benzene rings is 4. The van der Waals surface area contributed by atoms with Crippen LogP contribution in [0, 0.1) is 5.41 Å². The van der Waals surface area contributed by atoms with Crippen molar-refractivity contribution >= 4 is 30.8 Å². The van der Waals surface area contributed by atoms with Gasteiger partial charge in [0.05, 0.1) is 12.4 Å². The minimum absolute atomic E-state index is 0. The van der Waals surface area contributed by atoms with E-state index in [9.17, 15) is 0 Å². The van der Waals surface area contributed by atoms with Crippen molar-refractivity contribution in [2.75, 3.05) is 0 Å². The maximum atomic E-state index is 7.87. The van der Waals surface area contributed by atoms with Crippen LogP contribution in [0.5, 0.6) is 11.5 Å². The van der Waals surface area contributed by atoms with Crippen molar-refractivity contribution in [2.24, 2.45) is 10.2 Å². The van der Waals surface area contributed by atoms with Crippen LogP contribution in [0.2, 0.25) is 0 Å². The minimum Gasteiger partial charge on any atom is -0.489 e. The summed E-state index contributed by atoms with van der Waals surface area (Å²) in [7, 11) is 0. The molecule has 0 unspecified atom stereocenters. The van der Waals surface area contributed by atoms with Crippen molar-refractivity contribution in [2.45, 2.75) is 13.2 Å². The average Bonchev–Trinajstić information content (AvgIpc) is 2.93. The van der Waals surface area contributed by atoms with Gasteiger partial charge in [-0.3, -0.25) is 5.41 Å². The quantitative estimate of drug-likeness (QED) is 0.143. The molecular formula is C29H28ClN5O2. The van der Waals surface area contributed by atoms with Gasteiger partial charge < -0.3 is 9.47 Å². The zero-order chi connectivity index (χ0) is 24.8. The fourth-order valence-electron chi connectivity index (χ4n) is 3.15. The smallest absolute Gasteiger partial charge is 0.230 e. The van der Waals surface area contributed by atoms with Crippen molar-refractivity contribution < 1.29 is 9.47 Å². The molecule has 4 rings (SSSR count). The van der Waals surface area contributed by atoms with Crippen LogP contribution in [0.25, 0.3) is 0 Å². The van der Waals surface area contributed by atoms with Crippen LogP contribution in [0.1, 0.15) is 22.3 Å². The van der Waals surface area contributed by atoms with E-state index in [2.05, 4.69) is 21.1 Å². The molecule has 0 saturated carbocycles. The molecule has 37 heavy (non-hydrogen) atoms. The lowest BCUT2D eigenvalue weighted by Crippen LogP contribution is -2.29. The van der Waals surface area contributed by atoms with E-state index in [0.717, 1.165) is 33.8 Å². The molecule has 0 fully saturated rings. The fourth-order valence-corrected chi connectivity index (χ4v) is 3.15. The van der Waals surface area contributed by atoms with E-state index in [0.29, 0.717) is 13.2 Å². The molecule has 7 nitrogen and oxygen atoms in total. The van der Waals surface area contributed by atoms with Crippen LogP contribution in [0.15, 0.2) is 119 Å². The second-order valence-electron chi connectivity index (χ2n) is 7.80. The zero-order valence-corrected chi connectivity index (χ0v) is 20.9. The lowest BCUT2D eigenvalue weighted by molar-refractivity contribution is 0.306. The van der Waals surface area contributed by atoms with Crippen LogP contribution < -0.4 is 20.3 Å². The van der Waals surface area contributed by atoms with Crippen molar-refractivity contribution in [3.8, 4) is 11.5 Å². The van der Waals surface area contributed by atoms with Gasteiger partial charge in [-0.1, -0.05) is 60.7 Å². The third kappa shape index (κ3) is 9.51. The first-order valence-electron chi connectivity index (χ1n) is 11.4. The predicted molar refractivity (Wildman–Crippen MR) is 151 cm³/mol. The summed E-state index contributed by atoms with van der Waals surface area (Å²) in [4.78, 5) is 0. The Morgan fingerprint density at radius 3 is 1.35 bits per heavy atom. The van der Waals surface area contributed by atoms with Gasteiger partial charge in [-0.2, -0.15) is 10.2 Å². The van der Waals surface area contributed by atoms with Gasteiger partial charge in [0.25, 0.3) is 0 Å². The summed E-state index contributed by atoms with van der Waals surface area (Å²) in [6, 6.07) is 35.2. The molecule has 0 amide bonds. The van der Waals surface area contributed by atoms with Gasteiger partial charge in [0.1, 0.15) is 24.7 Å². The molecular weight excluding hydrogens is 486 g/mol. The molecule has 3 N–H and O–H groups in total. The first kappa shape index (κ1) is 27.0. The second-order valence-corrected chi connectivity index (χ2v) is 7.80. The highest BCUT2D eigenvalue weighted by Crippen LogP contribution is 2.14. The molecule has 0 radical (unpaired) electrons. The van der Waals surface area contributed by atoms with Crippen LogP contribution in [-0.4, -0.2) is 18.4 Å². The minimum atomic E-state index is -0.0480. The van der Waals surface area contributed by atoms with E-state index in [1.165, 1.54) is 0 Å². The Balaban J connectivity index is 0.00000380. The fraction of sp³-hybridized carbons (Fsp3) is 0.0690. The lowest BCUT2D eigenvalue weighted by atomic mass is 10.2. The average molecular weight is 514 g/mol. The summed E-state index contributed by atoms with van der Waals surface area (Å²) in [5, 5.41) is 16.0. The number of hydrogen-bond donors (Lipinski definition) is 3. The Kier molecular flexibility index (Phi) is 10.7. The standard InChI is InChI=1S/C29H27N5O2.ClH/c30-29(33-31-19-23-11-15-27(16-12-23)35-21-25-7-3-1-4-8-25)34-32-20-24-13-17-28(18-14-24)36-22-26-9-5-2-6-10-26;/h1-20H,21-22H2,(H3,30,33,34);1H/b31-19+,32-20+;. The molecule has 0 bridgehead atoms. The first-order valence-corrected chi connectivity index (χ1v) is 11.4. The summed E-state index contributed by atoms with van der Waals surface area (Å²) < 4.78 is 11.6. The van der Waals surface area contributed by atoms with Gasteiger partial charge >= 0.3 is 0 Å². The Bertz CT molecular complexity index is 1180. The highest BCUT2D eigenvalue weighted by molar-refractivity contribution is 5.85. The highest BCUT2D eigenvalue weighted by Gasteiger charge is 1.98. The number of nitrogens with zero attached hydrogens (tertiary/aromatic N) is 2. The van der Waals surface area contributed by atoms with E-state index in [1.807, 2.05) is 109 Å². The topological polar surface area (TPSA) is 91.1 Å². The van der Waals surface area contributed by atoms with Crippen LogP contribution in [0.4, 0.5) is 0 Å². The number of halogens is 1. The van der Waals surface area contributed by atoms with Crippen molar-refractivity contribution in [3.63, 3.8) is 0 Å². The molecule has 4 aromatic rings. The summed E-state index contributed by atoms with van der Waals surface area (Å²) in [5.41, 5.74) is 9.18. The van der Waals surface area contributed by atoms with Gasteiger partial charge in [-0.15, -0.1) is 12.4 Å². The molecule has 0 atom stereocenters. The maximum Gasteiger partial charge on any atom is 0.230 e. The molecule has 8 heteroatoms. The Labute approximate surface area is 222 Å². The third-order valence-corrected chi connectivity index (χ3v) is 5.04. The zero-order valence-electron chi connectivity index (χ0n) is 20.1. The normalized spacial score (nSPS) is 10.6. The molecule has 4 aromatic carbocycles. The number of guanidine groups is 1. The number of hydrogen-bond acceptors (Lipinski definition) is 5. The molecule has 0 heterocycles. The molecule has 0 aliphatic heterocycles. The van der Waals surface area contributed by atoms with Crippen molar-refractivity contribution in [1.82, 2.24) is 10.9 Å². The van der Waals surface area contributed by atoms with E-state index in [-0.39, 0.29) is 18.4 Å². The number of ether oxygens (including phenoxy) is 2. The SMILES string of the molecule is Cl.N=C(N/N=C/c1ccc(OCc2ccccc2)cc1)N/N=C/c1ccc(OCc2ccccc2)cc1. The van der Waals surface area contributed by atoms with E-state index in [1.54, 1.807) is 12.4 Å². The molecule has 0 spiro atoms. The van der Waals surface area contributed by atoms with Crippen molar-refractivity contribution in [3.05, 3.63) is 131 Å². The molecule has 0 saturated heterocycles. The largest absolute Gasteiger partial charge is 0.489 e.